The van der Waals surface area contributed by atoms with Crippen LogP contribution in [0.1, 0.15) is 28.4 Å². The highest BCUT2D eigenvalue weighted by Crippen LogP contribution is 2.36. The second kappa shape index (κ2) is 10.6. The van der Waals surface area contributed by atoms with E-state index in [0.29, 0.717) is 6.54 Å². The number of benzene rings is 3. The Labute approximate surface area is 195 Å². The number of thioether (sulfide) groups is 1. The first-order valence-corrected chi connectivity index (χ1v) is 12.3. The van der Waals surface area contributed by atoms with Gasteiger partial charge in [-0.1, -0.05) is 48.0 Å². The van der Waals surface area contributed by atoms with Crippen molar-refractivity contribution in [2.24, 2.45) is 0 Å². The van der Waals surface area contributed by atoms with Crippen LogP contribution in [0.3, 0.4) is 0 Å². The fourth-order valence-corrected chi connectivity index (χ4v) is 5.04. The lowest BCUT2D eigenvalue weighted by atomic mass is 10.1. The van der Waals surface area contributed by atoms with Gasteiger partial charge in [-0.15, -0.1) is 11.8 Å². The molecule has 3 aromatic rings. The summed E-state index contributed by atoms with van der Waals surface area (Å²) < 4.78 is 0. The van der Waals surface area contributed by atoms with Gasteiger partial charge in [0, 0.05) is 54.6 Å². The van der Waals surface area contributed by atoms with Crippen LogP contribution in [0.25, 0.3) is 0 Å². The summed E-state index contributed by atoms with van der Waals surface area (Å²) in [4.78, 5) is 18.8. The number of fused-ring (bicyclic) bond motifs is 1. The van der Waals surface area contributed by atoms with Crippen LogP contribution < -0.4 is 15.1 Å². The first-order chi connectivity index (χ1) is 15.6. The van der Waals surface area contributed by atoms with Crippen LogP contribution in [0.4, 0.5) is 11.4 Å². The average Bonchev–Trinajstić information content (AvgIpc) is 2.83. The van der Waals surface area contributed by atoms with Gasteiger partial charge in [0.2, 0.25) is 0 Å². The topological polar surface area (TPSA) is 35.6 Å². The number of carbonyl (C=O) groups is 1. The molecule has 1 aliphatic heterocycles. The van der Waals surface area contributed by atoms with Gasteiger partial charge in [-0.2, -0.15) is 0 Å². The van der Waals surface area contributed by atoms with Crippen molar-refractivity contribution < 1.29 is 4.79 Å². The van der Waals surface area contributed by atoms with Crippen LogP contribution >= 0.6 is 11.8 Å². The van der Waals surface area contributed by atoms with Crippen molar-refractivity contribution in [1.82, 2.24) is 5.32 Å². The Morgan fingerprint density at radius 3 is 2.59 bits per heavy atom. The fraction of sp³-hybridized carbons (Fsp3) is 0.296. The Hall–Kier alpha value is -2.92. The Morgan fingerprint density at radius 2 is 1.84 bits per heavy atom. The number of para-hydroxylation sites is 1. The number of carbonyl (C=O) groups excluding carboxylic acids is 1. The number of anilines is 2. The lowest BCUT2D eigenvalue weighted by Gasteiger charge is -2.31. The van der Waals surface area contributed by atoms with E-state index in [-0.39, 0.29) is 5.91 Å². The van der Waals surface area contributed by atoms with Gasteiger partial charge in [-0.25, -0.2) is 0 Å². The number of aryl methyl sites for hydroxylation is 1. The molecule has 0 saturated heterocycles. The molecule has 4 rings (SSSR count). The minimum Gasteiger partial charge on any atom is -0.370 e. The molecule has 0 spiro atoms. The first-order valence-electron chi connectivity index (χ1n) is 11.3. The van der Waals surface area contributed by atoms with Gasteiger partial charge in [0.05, 0.1) is 5.69 Å². The lowest BCUT2D eigenvalue weighted by Crippen LogP contribution is -2.35. The Balaban J connectivity index is 1.40. The molecule has 1 heterocycles. The molecule has 1 amide bonds. The molecule has 166 valence electrons. The molecule has 0 bridgehead atoms. The molecule has 0 aromatic heterocycles. The number of nitrogens with one attached hydrogen (secondary N) is 1. The van der Waals surface area contributed by atoms with E-state index in [4.69, 9.17) is 0 Å². The molecule has 5 heteroatoms. The Morgan fingerprint density at radius 1 is 1.06 bits per heavy atom. The van der Waals surface area contributed by atoms with Crippen LogP contribution in [0.2, 0.25) is 0 Å². The zero-order valence-electron chi connectivity index (χ0n) is 18.9. The van der Waals surface area contributed by atoms with E-state index in [1.807, 2.05) is 36.0 Å². The Kier molecular flexibility index (Phi) is 7.38. The standard InChI is InChI=1S/C27H31N3OS/c1-3-29(24-7-5-4-6-8-24)16-15-28-27(31)23-13-14-26-25(19-23)30(17-18-32-26)20-22-11-9-21(2)10-12-22/h4-14,19H,3,15-18,20H2,1-2H3,(H,28,31). The van der Waals surface area contributed by atoms with E-state index >= 15 is 0 Å². The highest BCUT2D eigenvalue weighted by atomic mass is 32.2. The van der Waals surface area contributed by atoms with E-state index in [2.05, 4.69) is 77.5 Å². The van der Waals surface area contributed by atoms with E-state index in [1.165, 1.54) is 21.7 Å². The van der Waals surface area contributed by atoms with E-state index in [9.17, 15) is 4.79 Å². The lowest BCUT2D eigenvalue weighted by molar-refractivity contribution is 0.0954. The third-order valence-electron chi connectivity index (χ3n) is 5.84. The zero-order valence-corrected chi connectivity index (χ0v) is 19.7. The molecular formula is C27H31N3OS. The normalized spacial score (nSPS) is 12.9. The fourth-order valence-electron chi connectivity index (χ4n) is 4.01. The summed E-state index contributed by atoms with van der Waals surface area (Å²) in [6.45, 7) is 8.40. The second-order valence-corrected chi connectivity index (χ2v) is 9.25. The molecule has 0 unspecified atom stereocenters. The molecule has 1 aliphatic rings. The molecule has 0 saturated carbocycles. The SMILES string of the molecule is CCN(CCNC(=O)c1ccc2c(c1)N(Cc1ccc(C)cc1)CCS2)c1ccccc1. The number of hydrogen-bond donors (Lipinski definition) is 1. The molecule has 4 nitrogen and oxygen atoms in total. The second-order valence-electron chi connectivity index (χ2n) is 8.11. The quantitative estimate of drug-likeness (QED) is 0.506. The summed E-state index contributed by atoms with van der Waals surface area (Å²) in [5.74, 6) is 1.05. The predicted molar refractivity (Wildman–Crippen MR) is 136 cm³/mol. The van der Waals surface area contributed by atoms with Gasteiger partial charge < -0.3 is 15.1 Å². The van der Waals surface area contributed by atoms with Crippen molar-refractivity contribution in [3.05, 3.63) is 89.5 Å². The highest BCUT2D eigenvalue weighted by molar-refractivity contribution is 7.99. The smallest absolute Gasteiger partial charge is 0.251 e. The maximum Gasteiger partial charge on any atom is 0.251 e. The van der Waals surface area contributed by atoms with Crippen LogP contribution in [0, 0.1) is 6.92 Å². The van der Waals surface area contributed by atoms with Gasteiger partial charge >= 0.3 is 0 Å². The molecule has 0 radical (unpaired) electrons. The summed E-state index contributed by atoms with van der Waals surface area (Å²) in [5.41, 5.74) is 5.64. The maximum atomic E-state index is 12.9. The number of amides is 1. The van der Waals surface area contributed by atoms with Gasteiger partial charge in [0.25, 0.3) is 5.91 Å². The predicted octanol–water partition coefficient (Wildman–Crippen LogP) is 5.36. The minimum atomic E-state index is -0.0113. The molecule has 0 aliphatic carbocycles. The van der Waals surface area contributed by atoms with Crippen molar-refractivity contribution in [3.63, 3.8) is 0 Å². The first kappa shape index (κ1) is 22.3. The molecule has 0 atom stereocenters. The van der Waals surface area contributed by atoms with Gasteiger partial charge in [0.1, 0.15) is 0 Å². The minimum absolute atomic E-state index is 0.0113. The summed E-state index contributed by atoms with van der Waals surface area (Å²) in [5, 5.41) is 3.11. The van der Waals surface area contributed by atoms with E-state index in [0.717, 1.165) is 43.2 Å². The molecular weight excluding hydrogens is 414 g/mol. The molecule has 32 heavy (non-hydrogen) atoms. The van der Waals surface area contributed by atoms with Crippen LogP contribution in [0.5, 0.6) is 0 Å². The van der Waals surface area contributed by atoms with Crippen LogP contribution in [-0.2, 0) is 6.54 Å². The van der Waals surface area contributed by atoms with Crippen LogP contribution in [-0.4, -0.2) is 37.8 Å². The summed E-state index contributed by atoms with van der Waals surface area (Å²) in [6.07, 6.45) is 0. The van der Waals surface area contributed by atoms with Crippen LogP contribution in [0.15, 0.2) is 77.7 Å². The third-order valence-corrected chi connectivity index (χ3v) is 6.89. The summed E-state index contributed by atoms with van der Waals surface area (Å²) in [6, 6.07) is 25.1. The van der Waals surface area contributed by atoms with Crippen molar-refractivity contribution in [2.75, 3.05) is 41.7 Å². The molecule has 1 N–H and O–H groups in total. The van der Waals surface area contributed by atoms with Crippen molar-refractivity contribution >= 4 is 29.0 Å². The third kappa shape index (κ3) is 5.46. The highest BCUT2D eigenvalue weighted by Gasteiger charge is 2.19. The van der Waals surface area contributed by atoms with Gasteiger partial charge in [0.15, 0.2) is 0 Å². The van der Waals surface area contributed by atoms with Crippen molar-refractivity contribution in [3.8, 4) is 0 Å². The Bertz CT molecular complexity index is 1040. The monoisotopic (exact) mass is 445 g/mol. The van der Waals surface area contributed by atoms with Crippen molar-refractivity contribution in [2.45, 2.75) is 25.3 Å². The maximum absolute atomic E-state index is 12.9. The zero-order chi connectivity index (χ0) is 22.3. The van der Waals surface area contributed by atoms with E-state index < -0.39 is 0 Å². The van der Waals surface area contributed by atoms with Crippen molar-refractivity contribution in [1.29, 1.82) is 0 Å². The van der Waals surface area contributed by atoms with Gasteiger partial charge in [-0.3, -0.25) is 4.79 Å². The van der Waals surface area contributed by atoms with E-state index in [1.54, 1.807) is 0 Å². The number of hydrogen-bond acceptors (Lipinski definition) is 4. The molecule has 3 aromatic carbocycles. The number of rotatable bonds is 8. The summed E-state index contributed by atoms with van der Waals surface area (Å²) >= 11 is 1.87. The average molecular weight is 446 g/mol. The largest absolute Gasteiger partial charge is 0.370 e. The van der Waals surface area contributed by atoms with Gasteiger partial charge in [-0.05, 0) is 49.7 Å². The summed E-state index contributed by atoms with van der Waals surface area (Å²) in [7, 11) is 0. The molecule has 0 fully saturated rings. The number of nitrogens with zero attached hydrogens (tertiary/aromatic N) is 2. The number of likely N-dealkylation sites (N-methyl/N-ethyl adjacent to an activating group) is 1.